The molecule has 1 heterocycles. The van der Waals surface area contributed by atoms with Crippen molar-refractivity contribution in [3.63, 3.8) is 0 Å². The number of amides is 1. The number of anilines is 2. The van der Waals surface area contributed by atoms with E-state index in [1.807, 2.05) is 0 Å². The maximum atomic E-state index is 12.0. The monoisotopic (exact) mass is 314 g/mol. The maximum absolute atomic E-state index is 12.0. The maximum Gasteiger partial charge on any atom is 0.267 e. The molecule has 7 heteroatoms. The van der Waals surface area contributed by atoms with Gasteiger partial charge in [-0.25, -0.2) is 4.98 Å². The summed E-state index contributed by atoms with van der Waals surface area (Å²) in [7, 11) is 0. The highest BCUT2D eigenvalue weighted by Crippen LogP contribution is 2.18. The largest absolute Gasteiger partial charge is 0.508 e. The van der Waals surface area contributed by atoms with Gasteiger partial charge in [0.25, 0.3) is 5.91 Å². The average molecular weight is 315 g/mol. The number of hydrogen-bond acceptors (Lipinski definition) is 5. The summed E-state index contributed by atoms with van der Waals surface area (Å²) >= 11 is 5.86. The number of halogens is 1. The molecule has 0 fully saturated rings. The van der Waals surface area contributed by atoms with Gasteiger partial charge in [0.2, 0.25) is 0 Å². The predicted molar refractivity (Wildman–Crippen MR) is 83.3 cm³/mol. The van der Waals surface area contributed by atoms with Crippen molar-refractivity contribution in [3.05, 3.63) is 59.5 Å². The number of benzene rings is 1. The zero-order valence-electron chi connectivity index (χ0n) is 11.2. The summed E-state index contributed by atoms with van der Waals surface area (Å²) in [4.78, 5) is 15.9. The number of phenols is 1. The molecule has 3 N–H and O–H groups in total. The van der Waals surface area contributed by atoms with Crippen LogP contribution >= 0.6 is 11.6 Å². The molecule has 0 saturated heterocycles. The van der Waals surface area contributed by atoms with E-state index >= 15 is 0 Å². The Labute approximate surface area is 131 Å². The molecule has 2 rings (SSSR count). The fraction of sp³-hybridized carbons (Fsp3) is 0. The van der Waals surface area contributed by atoms with Crippen LogP contribution in [0, 0.1) is 11.3 Å². The summed E-state index contributed by atoms with van der Waals surface area (Å²) in [5.74, 6) is -0.596. The quantitative estimate of drug-likeness (QED) is 0.458. The molecule has 0 aliphatic carbocycles. The zero-order valence-corrected chi connectivity index (χ0v) is 12.0. The van der Waals surface area contributed by atoms with Gasteiger partial charge in [0, 0.05) is 24.2 Å². The summed E-state index contributed by atoms with van der Waals surface area (Å²) in [5, 5.41) is 23.9. The van der Waals surface area contributed by atoms with Crippen LogP contribution in [0.2, 0.25) is 5.15 Å². The molecule has 0 saturated carbocycles. The van der Waals surface area contributed by atoms with Crippen molar-refractivity contribution >= 4 is 28.9 Å². The first-order valence-corrected chi connectivity index (χ1v) is 6.55. The summed E-state index contributed by atoms with van der Waals surface area (Å²) in [6, 6.07) is 11.1. The fourth-order valence-corrected chi connectivity index (χ4v) is 1.75. The second-order valence-electron chi connectivity index (χ2n) is 4.16. The number of pyridine rings is 1. The molecule has 0 spiro atoms. The first kappa shape index (κ1) is 15.4. The minimum atomic E-state index is -0.611. The summed E-state index contributed by atoms with van der Waals surface area (Å²) in [5.41, 5.74) is 0.705. The number of nitriles is 1. The van der Waals surface area contributed by atoms with Crippen molar-refractivity contribution in [1.29, 1.82) is 5.26 Å². The molecular weight excluding hydrogens is 304 g/mol. The van der Waals surface area contributed by atoms with Gasteiger partial charge in [0.1, 0.15) is 17.4 Å². The van der Waals surface area contributed by atoms with Crippen molar-refractivity contribution < 1.29 is 9.90 Å². The van der Waals surface area contributed by atoms with Gasteiger partial charge in [-0.15, -0.1) is 0 Å². The topological polar surface area (TPSA) is 98.0 Å². The lowest BCUT2D eigenvalue weighted by atomic mass is 10.2. The molecule has 1 amide bonds. The summed E-state index contributed by atoms with van der Waals surface area (Å²) < 4.78 is 0. The molecule has 1 aromatic heterocycles. The van der Waals surface area contributed by atoms with Gasteiger partial charge in [-0.2, -0.15) is 5.26 Å². The number of carbonyl (C=O) groups excluding carboxylic acids is 1. The minimum Gasteiger partial charge on any atom is -0.508 e. The fourth-order valence-electron chi connectivity index (χ4n) is 1.57. The third kappa shape index (κ3) is 3.98. The van der Waals surface area contributed by atoms with Crippen LogP contribution in [0.15, 0.2) is 54.4 Å². The number of aromatic hydroxyl groups is 1. The second kappa shape index (κ2) is 7.11. The number of hydrogen-bond donors (Lipinski definition) is 3. The number of carbonyl (C=O) groups is 1. The van der Waals surface area contributed by atoms with E-state index < -0.39 is 5.91 Å². The van der Waals surface area contributed by atoms with E-state index in [0.29, 0.717) is 11.4 Å². The molecule has 22 heavy (non-hydrogen) atoms. The molecule has 0 radical (unpaired) electrons. The third-order valence-corrected chi connectivity index (χ3v) is 2.90. The van der Waals surface area contributed by atoms with Crippen LogP contribution in [0.1, 0.15) is 0 Å². The molecular formula is C15H11ClN4O2. The van der Waals surface area contributed by atoms with E-state index in [1.54, 1.807) is 30.3 Å². The Morgan fingerprint density at radius 2 is 2.18 bits per heavy atom. The van der Waals surface area contributed by atoms with Crippen LogP contribution in [-0.4, -0.2) is 16.0 Å². The standard InChI is InChI=1S/C15H11ClN4O2/c16-14-13(5-2-6-18-14)19-9-10(8-17)15(22)20-11-3-1-4-12(21)7-11/h1-7,9,19,21H,(H,20,22)/b10-9-. The number of aromatic nitrogens is 1. The van der Waals surface area contributed by atoms with Gasteiger partial charge in [-0.3, -0.25) is 4.79 Å². The van der Waals surface area contributed by atoms with E-state index in [4.69, 9.17) is 16.9 Å². The first-order chi connectivity index (χ1) is 10.6. The van der Waals surface area contributed by atoms with Crippen LogP contribution in [0.3, 0.4) is 0 Å². The second-order valence-corrected chi connectivity index (χ2v) is 4.52. The first-order valence-electron chi connectivity index (χ1n) is 6.18. The van der Waals surface area contributed by atoms with Crippen LogP contribution < -0.4 is 10.6 Å². The number of nitrogens with one attached hydrogen (secondary N) is 2. The highest BCUT2D eigenvalue weighted by Gasteiger charge is 2.10. The molecule has 110 valence electrons. The van der Waals surface area contributed by atoms with Crippen molar-refractivity contribution in [2.75, 3.05) is 10.6 Å². The van der Waals surface area contributed by atoms with E-state index in [-0.39, 0.29) is 16.5 Å². The highest BCUT2D eigenvalue weighted by atomic mass is 35.5. The van der Waals surface area contributed by atoms with Crippen LogP contribution in [0.25, 0.3) is 0 Å². The molecule has 0 atom stereocenters. The normalized spacial score (nSPS) is 10.6. The molecule has 0 unspecified atom stereocenters. The van der Waals surface area contributed by atoms with E-state index in [0.717, 1.165) is 0 Å². The highest BCUT2D eigenvalue weighted by molar-refractivity contribution is 6.32. The Balaban J connectivity index is 2.11. The van der Waals surface area contributed by atoms with Gasteiger partial charge in [-0.05, 0) is 24.3 Å². The lowest BCUT2D eigenvalue weighted by molar-refractivity contribution is -0.112. The summed E-state index contributed by atoms with van der Waals surface area (Å²) in [6.07, 6.45) is 2.76. The van der Waals surface area contributed by atoms with Crippen molar-refractivity contribution in [2.24, 2.45) is 0 Å². The Bertz CT molecular complexity index is 768. The van der Waals surface area contributed by atoms with Gasteiger partial charge < -0.3 is 15.7 Å². The molecule has 1 aromatic carbocycles. The number of rotatable bonds is 4. The lowest BCUT2D eigenvalue weighted by Crippen LogP contribution is -2.14. The van der Waals surface area contributed by atoms with Gasteiger partial charge in [0.15, 0.2) is 5.15 Å². The minimum absolute atomic E-state index is 0.0144. The van der Waals surface area contributed by atoms with E-state index in [1.165, 1.54) is 24.5 Å². The van der Waals surface area contributed by atoms with Gasteiger partial charge >= 0.3 is 0 Å². The Hall–Kier alpha value is -3.04. The Morgan fingerprint density at radius 1 is 1.36 bits per heavy atom. The third-order valence-electron chi connectivity index (χ3n) is 2.60. The molecule has 6 nitrogen and oxygen atoms in total. The van der Waals surface area contributed by atoms with Gasteiger partial charge in [0.05, 0.1) is 5.69 Å². The van der Waals surface area contributed by atoms with Crippen molar-refractivity contribution in [1.82, 2.24) is 4.98 Å². The van der Waals surface area contributed by atoms with E-state index in [2.05, 4.69) is 15.6 Å². The predicted octanol–water partition coefficient (Wildman–Crippen LogP) is 2.90. The molecule has 0 aliphatic rings. The lowest BCUT2D eigenvalue weighted by Gasteiger charge is -2.06. The van der Waals surface area contributed by atoms with Crippen LogP contribution in [0.4, 0.5) is 11.4 Å². The van der Waals surface area contributed by atoms with Gasteiger partial charge in [-0.1, -0.05) is 17.7 Å². The van der Waals surface area contributed by atoms with Crippen LogP contribution in [-0.2, 0) is 4.79 Å². The Morgan fingerprint density at radius 3 is 2.86 bits per heavy atom. The number of phenolic OH excluding ortho intramolecular Hbond substituents is 1. The SMILES string of the molecule is N#C/C(=C/Nc1cccnc1Cl)C(=O)Nc1cccc(O)c1. The molecule has 2 aromatic rings. The number of nitrogens with zero attached hydrogens (tertiary/aromatic N) is 2. The molecule has 0 bridgehead atoms. The summed E-state index contributed by atoms with van der Waals surface area (Å²) in [6.45, 7) is 0. The van der Waals surface area contributed by atoms with E-state index in [9.17, 15) is 9.90 Å². The smallest absolute Gasteiger partial charge is 0.267 e. The molecule has 0 aliphatic heterocycles. The Kier molecular flexibility index (Phi) is 4.96. The van der Waals surface area contributed by atoms with Crippen molar-refractivity contribution in [2.45, 2.75) is 0 Å². The van der Waals surface area contributed by atoms with Crippen molar-refractivity contribution in [3.8, 4) is 11.8 Å². The average Bonchev–Trinajstić information content (AvgIpc) is 2.49. The zero-order chi connectivity index (χ0) is 15.9. The van der Waals surface area contributed by atoms with Crippen LogP contribution in [0.5, 0.6) is 5.75 Å².